The second-order valence-electron chi connectivity index (χ2n) is 5.60. The molecule has 2 heterocycles. The van der Waals surface area contributed by atoms with E-state index in [1.165, 1.54) is 23.5 Å². The molecule has 134 valence electrons. The van der Waals surface area contributed by atoms with Crippen LogP contribution < -0.4 is 9.50 Å². The Hall–Kier alpha value is -2.71. The Morgan fingerprint density at radius 2 is 2.08 bits per heavy atom. The minimum absolute atomic E-state index is 0.110. The zero-order valence-corrected chi connectivity index (χ0v) is 15.5. The molecule has 0 bridgehead atoms. The molecule has 3 rings (SSSR count). The van der Waals surface area contributed by atoms with E-state index in [4.69, 9.17) is 4.18 Å². The molecule has 6 nitrogen and oxygen atoms in total. The van der Waals surface area contributed by atoms with Crippen molar-refractivity contribution in [3.05, 3.63) is 65.8 Å². The van der Waals surface area contributed by atoms with Crippen LogP contribution in [0.5, 0.6) is 5.75 Å². The van der Waals surface area contributed by atoms with Gasteiger partial charge in [0.15, 0.2) is 0 Å². The summed E-state index contributed by atoms with van der Waals surface area (Å²) >= 11 is 1.52. The van der Waals surface area contributed by atoms with Gasteiger partial charge >= 0.3 is 10.1 Å². The van der Waals surface area contributed by atoms with Gasteiger partial charge in [-0.25, -0.2) is 0 Å². The van der Waals surface area contributed by atoms with Crippen LogP contribution in [0.25, 0.3) is 10.4 Å². The van der Waals surface area contributed by atoms with Crippen molar-refractivity contribution >= 4 is 33.0 Å². The third kappa shape index (κ3) is 5.14. The van der Waals surface area contributed by atoms with Gasteiger partial charge in [0.25, 0.3) is 0 Å². The second-order valence-corrected chi connectivity index (χ2v) is 8.09. The van der Waals surface area contributed by atoms with E-state index in [-0.39, 0.29) is 18.1 Å². The van der Waals surface area contributed by atoms with Crippen LogP contribution in [0.15, 0.2) is 60.2 Å². The number of aromatic nitrogens is 1. The summed E-state index contributed by atoms with van der Waals surface area (Å²) in [6, 6.07) is 12.2. The first-order valence-electron chi connectivity index (χ1n) is 7.66. The largest absolute Gasteiger partial charge is 0.383 e. The number of hydrogen-bond acceptors (Lipinski definition) is 6. The van der Waals surface area contributed by atoms with Crippen molar-refractivity contribution in [3.63, 3.8) is 0 Å². The van der Waals surface area contributed by atoms with Gasteiger partial charge in [-0.3, -0.25) is 9.78 Å². The molecule has 0 aliphatic rings. The van der Waals surface area contributed by atoms with Crippen molar-refractivity contribution in [2.24, 2.45) is 0 Å². The maximum absolute atomic E-state index is 12.2. The molecule has 0 saturated heterocycles. The molecule has 0 saturated carbocycles. The Morgan fingerprint density at radius 1 is 1.23 bits per heavy atom. The van der Waals surface area contributed by atoms with E-state index in [0.29, 0.717) is 11.3 Å². The number of benzene rings is 1. The SMILES string of the molecule is CS(=O)(=O)Oc1cccc(CC(=O)Nc2csc(-c3cccnc3)c2)c1. The van der Waals surface area contributed by atoms with Crippen LogP contribution >= 0.6 is 11.3 Å². The number of anilines is 1. The Bertz CT molecular complexity index is 1010. The Morgan fingerprint density at radius 3 is 2.81 bits per heavy atom. The van der Waals surface area contributed by atoms with Crippen LogP contribution in [0, 0.1) is 0 Å². The Kier molecular flexibility index (Phi) is 5.34. The second kappa shape index (κ2) is 7.67. The molecule has 1 N–H and O–H groups in total. The van der Waals surface area contributed by atoms with Crippen LogP contribution in [0.3, 0.4) is 0 Å². The average molecular weight is 388 g/mol. The molecule has 0 atom stereocenters. The first-order chi connectivity index (χ1) is 12.4. The predicted octanol–water partition coefficient (Wildman–Crippen LogP) is 3.33. The molecule has 0 radical (unpaired) electrons. The molecule has 0 spiro atoms. The summed E-state index contributed by atoms with van der Waals surface area (Å²) in [6.07, 6.45) is 4.56. The van der Waals surface area contributed by atoms with Crippen molar-refractivity contribution in [1.82, 2.24) is 4.98 Å². The van der Waals surface area contributed by atoms with E-state index in [9.17, 15) is 13.2 Å². The van der Waals surface area contributed by atoms with E-state index >= 15 is 0 Å². The van der Waals surface area contributed by atoms with Gasteiger partial charge in [-0.1, -0.05) is 18.2 Å². The minimum Gasteiger partial charge on any atom is -0.383 e. The number of pyridine rings is 1. The summed E-state index contributed by atoms with van der Waals surface area (Å²) in [4.78, 5) is 17.3. The number of carbonyl (C=O) groups is 1. The molecular formula is C18H16N2O4S2. The molecule has 1 aromatic carbocycles. The van der Waals surface area contributed by atoms with Crippen molar-refractivity contribution in [2.75, 3.05) is 11.6 Å². The van der Waals surface area contributed by atoms with Gasteiger partial charge in [-0.15, -0.1) is 11.3 Å². The first-order valence-corrected chi connectivity index (χ1v) is 10.4. The van der Waals surface area contributed by atoms with E-state index < -0.39 is 10.1 Å². The molecule has 1 amide bonds. The predicted molar refractivity (Wildman–Crippen MR) is 102 cm³/mol. The zero-order valence-electron chi connectivity index (χ0n) is 13.9. The molecule has 3 aromatic rings. The summed E-state index contributed by atoms with van der Waals surface area (Å²) in [5.41, 5.74) is 2.36. The quantitative estimate of drug-likeness (QED) is 0.655. The maximum Gasteiger partial charge on any atom is 0.306 e. The topological polar surface area (TPSA) is 85.4 Å². The number of amides is 1. The average Bonchev–Trinajstić information content (AvgIpc) is 3.02. The van der Waals surface area contributed by atoms with E-state index in [0.717, 1.165) is 16.7 Å². The fourth-order valence-electron chi connectivity index (χ4n) is 2.33. The van der Waals surface area contributed by atoms with Crippen molar-refractivity contribution in [1.29, 1.82) is 0 Å². The standard InChI is InChI=1S/C18H16N2O4S2/c1-26(22,23)24-16-6-2-4-13(8-16)9-18(21)20-15-10-17(25-12-15)14-5-3-7-19-11-14/h2-8,10-12H,9H2,1H3,(H,20,21). The Labute approximate surface area is 155 Å². The molecule has 0 aliphatic heterocycles. The number of nitrogens with zero attached hydrogens (tertiary/aromatic N) is 1. The highest BCUT2D eigenvalue weighted by Gasteiger charge is 2.10. The van der Waals surface area contributed by atoms with E-state index in [1.54, 1.807) is 24.5 Å². The fraction of sp³-hybridized carbons (Fsp3) is 0.111. The first kappa shape index (κ1) is 18.1. The van der Waals surface area contributed by atoms with Crippen LogP contribution in [0.2, 0.25) is 0 Å². The third-order valence-corrected chi connectivity index (χ3v) is 4.81. The van der Waals surface area contributed by atoms with Crippen LogP contribution in [0.1, 0.15) is 5.56 Å². The van der Waals surface area contributed by atoms with Crippen molar-refractivity contribution in [3.8, 4) is 16.2 Å². The van der Waals surface area contributed by atoms with Crippen molar-refractivity contribution in [2.45, 2.75) is 6.42 Å². The highest BCUT2D eigenvalue weighted by Crippen LogP contribution is 2.29. The number of carbonyl (C=O) groups excluding carboxylic acids is 1. The third-order valence-electron chi connectivity index (χ3n) is 3.34. The summed E-state index contributed by atoms with van der Waals surface area (Å²) in [5, 5.41) is 4.70. The van der Waals surface area contributed by atoms with Crippen molar-refractivity contribution < 1.29 is 17.4 Å². The number of nitrogens with one attached hydrogen (secondary N) is 1. The number of thiophene rings is 1. The van der Waals surface area contributed by atoms with Crippen LogP contribution in [0.4, 0.5) is 5.69 Å². The monoisotopic (exact) mass is 388 g/mol. The van der Waals surface area contributed by atoms with Gasteiger partial charge in [-0.05, 0) is 29.8 Å². The van der Waals surface area contributed by atoms with Gasteiger partial charge < -0.3 is 9.50 Å². The van der Waals surface area contributed by atoms with Crippen LogP contribution in [-0.4, -0.2) is 25.6 Å². The van der Waals surface area contributed by atoms with Gasteiger partial charge in [0, 0.05) is 28.2 Å². The van der Waals surface area contributed by atoms with Gasteiger partial charge in [0.05, 0.1) is 18.4 Å². The lowest BCUT2D eigenvalue weighted by molar-refractivity contribution is -0.115. The Balaban J connectivity index is 1.65. The summed E-state index contributed by atoms with van der Waals surface area (Å²) < 4.78 is 27.2. The number of rotatable bonds is 6. The highest BCUT2D eigenvalue weighted by atomic mass is 32.2. The minimum atomic E-state index is -3.60. The zero-order chi connectivity index (χ0) is 18.6. The highest BCUT2D eigenvalue weighted by molar-refractivity contribution is 7.86. The molecule has 0 aliphatic carbocycles. The van der Waals surface area contributed by atoms with E-state index in [1.807, 2.05) is 23.6 Å². The lowest BCUT2D eigenvalue weighted by atomic mass is 10.1. The molecule has 0 unspecified atom stereocenters. The smallest absolute Gasteiger partial charge is 0.306 e. The van der Waals surface area contributed by atoms with Gasteiger partial charge in [-0.2, -0.15) is 8.42 Å². The number of hydrogen-bond donors (Lipinski definition) is 1. The van der Waals surface area contributed by atoms with E-state index in [2.05, 4.69) is 10.3 Å². The molecular weight excluding hydrogens is 372 g/mol. The summed E-state index contributed by atoms with van der Waals surface area (Å²) in [5.74, 6) is -0.00996. The fourth-order valence-corrected chi connectivity index (χ4v) is 3.62. The lowest BCUT2D eigenvalue weighted by Gasteiger charge is -2.06. The molecule has 0 fully saturated rings. The lowest BCUT2D eigenvalue weighted by Crippen LogP contribution is -2.14. The van der Waals surface area contributed by atoms with Crippen LogP contribution in [-0.2, 0) is 21.3 Å². The van der Waals surface area contributed by atoms with Gasteiger partial charge in [0.2, 0.25) is 5.91 Å². The molecule has 26 heavy (non-hydrogen) atoms. The summed E-state index contributed by atoms with van der Waals surface area (Å²) in [6.45, 7) is 0. The van der Waals surface area contributed by atoms with Gasteiger partial charge in [0.1, 0.15) is 5.75 Å². The molecule has 8 heteroatoms. The maximum atomic E-state index is 12.2. The summed E-state index contributed by atoms with van der Waals surface area (Å²) in [7, 11) is -3.60. The molecule has 2 aromatic heterocycles. The normalized spacial score (nSPS) is 11.1.